The number of fused-ring (bicyclic) bond motifs is 1. The number of rotatable bonds is 2. The van der Waals surface area contributed by atoms with Crippen molar-refractivity contribution in [1.82, 2.24) is 14.8 Å². The molecule has 0 saturated heterocycles. The fourth-order valence-electron chi connectivity index (χ4n) is 1.90. The lowest BCUT2D eigenvalue weighted by molar-refractivity contribution is 0.426. The highest BCUT2D eigenvalue weighted by molar-refractivity contribution is 6.61. The molecule has 19 heavy (non-hydrogen) atoms. The first-order chi connectivity index (χ1) is 9.15. The van der Waals surface area contributed by atoms with E-state index in [0.29, 0.717) is 21.7 Å². The molecule has 0 bridgehead atoms. The van der Waals surface area contributed by atoms with Gasteiger partial charge in [0.1, 0.15) is 0 Å². The number of halogens is 1. The van der Waals surface area contributed by atoms with E-state index >= 15 is 0 Å². The molecule has 7 heteroatoms. The highest BCUT2D eigenvalue weighted by atomic mass is 35.5. The zero-order valence-corrected chi connectivity index (χ0v) is 10.5. The van der Waals surface area contributed by atoms with Gasteiger partial charge in [-0.25, -0.2) is 0 Å². The zero-order valence-electron chi connectivity index (χ0n) is 9.73. The molecule has 0 spiro atoms. The van der Waals surface area contributed by atoms with Gasteiger partial charge in [-0.3, -0.25) is 0 Å². The minimum Gasteiger partial charge on any atom is -0.423 e. The molecule has 0 saturated carbocycles. The second-order valence-corrected chi connectivity index (χ2v) is 4.51. The summed E-state index contributed by atoms with van der Waals surface area (Å²) in [5.74, 6) is 0. The third kappa shape index (κ3) is 2.21. The summed E-state index contributed by atoms with van der Waals surface area (Å²) in [5, 5.41) is 27.3. The monoisotopic (exact) mass is 273 g/mol. The van der Waals surface area contributed by atoms with Crippen LogP contribution in [0, 0.1) is 0 Å². The molecule has 0 aliphatic carbocycles. The molecule has 0 amide bonds. The minimum atomic E-state index is -1.56. The van der Waals surface area contributed by atoms with Gasteiger partial charge in [0.2, 0.25) is 0 Å². The van der Waals surface area contributed by atoms with Crippen LogP contribution in [-0.2, 0) is 0 Å². The Morgan fingerprint density at radius 1 is 1.16 bits per heavy atom. The minimum absolute atomic E-state index is 0.324. The fourth-order valence-corrected chi connectivity index (χ4v) is 2.09. The van der Waals surface area contributed by atoms with Crippen LogP contribution < -0.4 is 5.46 Å². The topological polar surface area (TPSA) is 70.7 Å². The summed E-state index contributed by atoms with van der Waals surface area (Å²) < 4.78 is 1.37. The van der Waals surface area contributed by atoms with Crippen LogP contribution >= 0.6 is 11.6 Å². The van der Waals surface area contributed by atoms with Crippen LogP contribution in [-0.4, -0.2) is 32.0 Å². The fraction of sp³-hybridized carbons (Fsp3) is 0. The van der Waals surface area contributed by atoms with Crippen LogP contribution in [0.15, 0.2) is 42.6 Å². The van der Waals surface area contributed by atoms with Crippen LogP contribution in [0.3, 0.4) is 0 Å². The first-order valence-electron chi connectivity index (χ1n) is 5.62. The van der Waals surface area contributed by atoms with Crippen LogP contribution in [0.1, 0.15) is 0 Å². The number of hydrogen-bond acceptors (Lipinski definition) is 4. The average Bonchev–Trinajstić information content (AvgIpc) is 2.81. The molecule has 0 fully saturated rings. The van der Waals surface area contributed by atoms with Crippen molar-refractivity contribution in [3.63, 3.8) is 0 Å². The Hall–Kier alpha value is -1.89. The van der Waals surface area contributed by atoms with E-state index in [9.17, 15) is 10.0 Å². The van der Waals surface area contributed by atoms with Gasteiger partial charge < -0.3 is 10.0 Å². The zero-order chi connectivity index (χ0) is 13.4. The summed E-state index contributed by atoms with van der Waals surface area (Å²) in [6.45, 7) is 0. The third-order valence-corrected chi connectivity index (χ3v) is 3.05. The van der Waals surface area contributed by atoms with Gasteiger partial charge in [0, 0.05) is 16.0 Å². The standard InChI is InChI=1S/C12H9BClN3O2/c14-9-3-1-2-8(6-9)11-4-5-12-10(13(18)19)7-15-17(12)16-11/h1-7,18-19H. The molecule has 2 N–H and O–H groups in total. The van der Waals surface area contributed by atoms with Crippen molar-refractivity contribution < 1.29 is 10.0 Å². The van der Waals surface area contributed by atoms with Crippen molar-refractivity contribution >= 4 is 29.7 Å². The number of nitrogens with zero attached hydrogens (tertiary/aromatic N) is 3. The maximum atomic E-state index is 9.19. The van der Waals surface area contributed by atoms with E-state index in [1.165, 1.54) is 10.8 Å². The smallest absolute Gasteiger partial charge is 0.423 e. The molecular weight excluding hydrogens is 264 g/mol. The third-order valence-electron chi connectivity index (χ3n) is 2.82. The van der Waals surface area contributed by atoms with Crippen molar-refractivity contribution in [3.8, 4) is 11.3 Å². The SMILES string of the molecule is OB(O)c1cnn2nc(-c3cccc(Cl)c3)ccc12. The molecule has 2 aromatic heterocycles. The Labute approximate surface area is 114 Å². The molecule has 3 rings (SSSR count). The van der Waals surface area contributed by atoms with Gasteiger partial charge >= 0.3 is 7.12 Å². The molecule has 0 aliphatic heterocycles. The Kier molecular flexibility index (Phi) is 2.98. The first kappa shape index (κ1) is 12.2. The lowest BCUT2D eigenvalue weighted by Gasteiger charge is -2.02. The average molecular weight is 273 g/mol. The quantitative estimate of drug-likeness (QED) is 0.675. The van der Waals surface area contributed by atoms with E-state index in [1.807, 2.05) is 12.1 Å². The van der Waals surface area contributed by atoms with Crippen molar-refractivity contribution in [1.29, 1.82) is 0 Å². The van der Waals surface area contributed by atoms with Crippen molar-refractivity contribution in [2.45, 2.75) is 0 Å². The molecule has 5 nitrogen and oxygen atoms in total. The number of aromatic nitrogens is 3. The predicted molar refractivity (Wildman–Crippen MR) is 73.3 cm³/mol. The van der Waals surface area contributed by atoms with Crippen molar-refractivity contribution in [2.24, 2.45) is 0 Å². The van der Waals surface area contributed by atoms with Gasteiger partial charge in [-0.15, -0.1) is 5.10 Å². The maximum Gasteiger partial charge on any atom is 0.492 e. The summed E-state index contributed by atoms with van der Waals surface area (Å²) in [4.78, 5) is 0. The van der Waals surface area contributed by atoms with Crippen LogP contribution in [0.25, 0.3) is 16.8 Å². The van der Waals surface area contributed by atoms with Crippen LogP contribution in [0.2, 0.25) is 5.02 Å². The van der Waals surface area contributed by atoms with Gasteiger partial charge in [0.15, 0.2) is 0 Å². The number of hydrogen-bond donors (Lipinski definition) is 2. The van der Waals surface area contributed by atoms with Gasteiger partial charge in [-0.1, -0.05) is 23.7 Å². The molecule has 0 unspecified atom stereocenters. The Morgan fingerprint density at radius 2 is 2.00 bits per heavy atom. The van der Waals surface area contributed by atoms with E-state index in [2.05, 4.69) is 10.2 Å². The van der Waals surface area contributed by atoms with Gasteiger partial charge in [0.05, 0.1) is 17.4 Å². The highest BCUT2D eigenvalue weighted by Gasteiger charge is 2.17. The van der Waals surface area contributed by atoms with E-state index in [0.717, 1.165) is 5.56 Å². The van der Waals surface area contributed by atoms with E-state index in [-0.39, 0.29) is 0 Å². The molecule has 0 atom stereocenters. The highest BCUT2D eigenvalue weighted by Crippen LogP contribution is 2.20. The molecule has 2 heterocycles. The molecule has 3 aromatic rings. The normalized spacial score (nSPS) is 10.9. The Bertz CT molecular complexity index is 745. The summed E-state index contributed by atoms with van der Waals surface area (Å²) in [6.07, 6.45) is 1.38. The summed E-state index contributed by atoms with van der Waals surface area (Å²) >= 11 is 5.94. The maximum absolute atomic E-state index is 9.19. The molecule has 1 aromatic carbocycles. The van der Waals surface area contributed by atoms with E-state index in [1.54, 1.807) is 24.3 Å². The predicted octanol–water partition coefficient (Wildman–Crippen LogP) is 0.729. The summed E-state index contributed by atoms with van der Waals surface area (Å²) in [5.41, 5.74) is 2.46. The second kappa shape index (κ2) is 4.66. The van der Waals surface area contributed by atoms with Crippen LogP contribution in [0.5, 0.6) is 0 Å². The van der Waals surface area contributed by atoms with Gasteiger partial charge in [-0.2, -0.15) is 9.73 Å². The second-order valence-electron chi connectivity index (χ2n) is 4.08. The lowest BCUT2D eigenvalue weighted by atomic mass is 9.81. The summed E-state index contributed by atoms with van der Waals surface area (Å²) in [7, 11) is -1.56. The van der Waals surface area contributed by atoms with Crippen molar-refractivity contribution in [2.75, 3.05) is 0 Å². The number of benzene rings is 1. The molecule has 0 radical (unpaired) electrons. The van der Waals surface area contributed by atoms with Crippen LogP contribution in [0.4, 0.5) is 0 Å². The first-order valence-corrected chi connectivity index (χ1v) is 6.00. The van der Waals surface area contributed by atoms with Gasteiger partial charge in [-0.05, 0) is 24.3 Å². The molecule has 0 aliphatic rings. The summed E-state index contributed by atoms with van der Waals surface area (Å²) in [6, 6.07) is 10.9. The van der Waals surface area contributed by atoms with E-state index in [4.69, 9.17) is 11.6 Å². The lowest BCUT2D eigenvalue weighted by Crippen LogP contribution is -2.29. The molecule has 94 valence electrons. The van der Waals surface area contributed by atoms with Crippen molar-refractivity contribution in [3.05, 3.63) is 47.6 Å². The van der Waals surface area contributed by atoms with Gasteiger partial charge in [0.25, 0.3) is 0 Å². The Balaban J connectivity index is 2.12. The van der Waals surface area contributed by atoms with E-state index < -0.39 is 7.12 Å². The largest absolute Gasteiger partial charge is 0.492 e. The molecular formula is C12H9BClN3O2. The Morgan fingerprint density at radius 3 is 2.74 bits per heavy atom.